The third-order valence-corrected chi connectivity index (χ3v) is 3.60. The Bertz CT molecular complexity index is 195. The third-order valence-electron chi connectivity index (χ3n) is 3.60. The van der Waals surface area contributed by atoms with Crippen LogP contribution in [0.3, 0.4) is 0 Å². The molecule has 2 unspecified atom stereocenters. The summed E-state index contributed by atoms with van der Waals surface area (Å²) in [6.45, 7) is 8.12. The van der Waals surface area contributed by atoms with Gasteiger partial charge in [-0.3, -0.25) is 0 Å². The topological polar surface area (TPSA) is 12.0 Å². The van der Waals surface area contributed by atoms with E-state index in [2.05, 4.69) is 32.2 Å². The summed E-state index contributed by atoms with van der Waals surface area (Å²) in [6, 6.07) is 0. The molecule has 0 aromatic heterocycles. The lowest BCUT2D eigenvalue weighted by molar-refractivity contribution is 0.318. The van der Waals surface area contributed by atoms with Crippen LogP contribution in [0.1, 0.15) is 40.0 Å². The van der Waals surface area contributed by atoms with Gasteiger partial charge in [0, 0.05) is 5.41 Å². The lowest BCUT2D eigenvalue weighted by Gasteiger charge is -2.24. The maximum Gasteiger partial charge on any atom is 0.00910 e. The molecule has 1 N–H and O–H groups in total. The molecule has 1 aliphatic carbocycles. The third kappa shape index (κ3) is 2.34. The van der Waals surface area contributed by atoms with E-state index in [0.29, 0.717) is 5.41 Å². The molecule has 0 spiro atoms. The van der Waals surface area contributed by atoms with Gasteiger partial charge in [-0.1, -0.05) is 31.9 Å². The van der Waals surface area contributed by atoms with E-state index in [-0.39, 0.29) is 0 Å². The summed E-state index contributed by atoms with van der Waals surface area (Å²) in [6.07, 6.45) is 6.42. The fourth-order valence-electron chi connectivity index (χ4n) is 2.31. The summed E-state index contributed by atoms with van der Waals surface area (Å²) in [5.74, 6) is 0.876. The second-order valence-electron chi connectivity index (χ2n) is 4.46. The number of hydrogen-bond donors (Lipinski definition) is 1. The van der Waals surface area contributed by atoms with Crippen molar-refractivity contribution in [1.82, 2.24) is 5.32 Å². The molecule has 1 heteroatoms. The minimum absolute atomic E-state index is 0.489. The summed E-state index contributed by atoms with van der Waals surface area (Å²) in [4.78, 5) is 0. The molecule has 1 rings (SSSR count). The summed E-state index contributed by atoms with van der Waals surface area (Å²) >= 11 is 0. The Kier molecular flexibility index (Phi) is 3.55. The average molecular weight is 181 g/mol. The van der Waals surface area contributed by atoms with Crippen molar-refractivity contribution in [3.63, 3.8) is 0 Å². The molecule has 0 saturated heterocycles. The van der Waals surface area contributed by atoms with Gasteiger partial charge in [-0.25, -0.2) is 0 Å². The molecule has 0 heterocycles. The Morgan fingerprint density at radius 1 is 1.54 bits per heavy atom. The first-order chi connectivity index (χ1) is 6.15. The molecule has 2 atom stereocenters. The first kappa shape index (κ1) is 10.8. The highest BCUT2D eigenvalue weighted by atomic mass is 14.8. The zero-order valence-corrected chi connectivity index (χ0v) is 9.48. The van der Waals surface area contributed by atoms with Crippen molar-refractivity contribution < 1.29 is 0 Å². The molecule has 0 radical (unpaired) electrons. The normalized spacial score (nSPS) is 28.5. The minimum Gasteiger partial charge on any atom is -0.320 e. The molecule has 0 aromatic rings. The van der Waals surface area contributed by atoms with Gasteiger partial charge in [0.15, 0.2) is 0 Å². The van der Waals surface area contributed by atoms with Crippen LogP contribution in [0, 0.1) is 11.3 Å². The van der Waals surface area contributed by atoms with Gasteiger partial charge >= 0.3 is 0 Å². The summed E-state index contributed by atoms with van der Waals surface area (Å²) in [5.41, 5.74) is 2.09. The molecular weight excluding hydrogens is 158 g/mol. The molecule has 0 aliphatic heterocycles. The minimum atomic E-state index is 0.489. The highest BCUT2D eigenvalue weighted by molar-refractivity contribution is 5.36. The van der Waals surface area contributed by atoms with Gasteiger partial charge in [-0.2, -0.15) is 0 Å². The maximum absolute atomic E-state index is 3.21. The van der Waals surface area contributed by atoms with Crippen molar-refractivity contribution in [2.24, 2.45) is 11.3 Å². The van der Waals surface area contributed by atoms with Gasteiger partial charge in [0.25, 0.3) is 0 Å². The van der Waals surface area contributed by atoms with E-state index in [1.54, 1.807) is 5.57 Å². The highest BCUT2D eigenvalue weighted by Crippen LogP contribution is 2.52. The van der Waals surface area contributed by atoms with E-state index < -0.39 is 0 Å². The second kappa shape index (κ2) is 4.28. The van der Waals surface area contributed by atoms with Crippen LogP contribution in [-0.4, -0.2) is 13.6 Å². The predicted octanol–water partition coefficient (Wildman–Crippen LogP) is 2.98. The molecule has 76 valence electrons. The van der Waals surface area contributed by atoms with Gasteiger partial charge in [0.1, 0.15) is 0 Å². The van der Waals surface area contributed by atoms with Gasteiger partial charge in [0.05, 0.1) is 0 Å². The predicted molar refractivity (Wildman–Crippen MR) is 58.8 cm³/mol. The molecule has 1 nitrogen and oxygen atoms in total. The summed E-state index contributed by atoms with van der Waals surface area (Å²) < 4.78 is 0. The van der Waals surface area contributed by atoms with Crippen molar-refractivity contribution in [2.45, 2.75) is 40.0 Å². The SMILES string of the molecule is CCC(CCCNC)C1(C)C=C1C. The quantitative estimate of drug-likeness (QED) is 0.490. The summed E-state index contributed by atoms with van der Waals surface area (Å²) in [7, 11) is 2.03. The Morgan fingerprint density at radius 2 is 2.15 bits per heavy atom. The smallest absolute Gasteiger partial charge is 0.00910 e. The van der Waals surface area contributed by atoms with Gasteiger partial charge < -0.3 is 5.32 Å². The van der Waals surface area contributed by atoms with Crippen LogP contribution in [0.25, 0.3) is 0 Å². The van der Waals surface area contributed by atoms with Crippen molar-refractivity contribution in [3.8, 4) is 0 Å². The molecule has 0 fully saturated rings. The number of hydrogen-bond acceptors (Lipinski definition) is 1. The first-order valence-electron chi connectivity index (χ1n) is 5.49. The van der Waals surface area contributed by atoms with E-state index in [9.17, 15) is 0 Å². The maximum atomic E-state index is 3.21. The van der Waals surface area contributed by atoms with Crippen LogP contribution in [0.2, 0.25) is 0 Å². The van der Waals surface area contributed by atoms with Crippen molar-refractivity contribution in [2.75, 3.05) is 13.6 Å². The Morgan fingerprint density at radius 3 is 2.54 bits per heavy atom. The van der Waals surface area contributed by atoms with Gasteiger partial charge in [-0.05, 0) is 39.3 Å². The largest absolute Gasteiger partial charge is 0.320 e. The fourth-order valence-corrected chi connectivity index (χ4v) is 2.31. The molecule has 0 aromatic carbocycles. The molecular formula is C12H23N. The number of allylic oxidation sites excluding steroid dienone is 2. The van der Waals surface area contributed by atoms with Crippen molar-refractivity contribution in [3.05, 3.63) is 11.6 Å². The van der Waals surface area contributed by atoms with Gasteiger partial charge in [0.2, 0.25) is 0 Å². The van der Waals surface area contributed by atoms with Crippen molar-refractivity contribution in [1.29, 1.82) is 0 Å². The molecule has 0 bridgehead atoms. The standard InChI is InChI=1S/C12H23N/c1-5-11(7-6-8-13-4)12(3)9-10(12)2/h9,11,13H,5-8H2,1-4H3. The lowest BCUT2D eigenvalue weighted by atomic mass is 9.81. The summed E-state index contributed by atoms with van der Waals surface area (Å²) in [5, 5.41) is 3.21. The Balaban J connectivity index is 2.28. The Labute approximate surface area is 82.6 Å². The monoisotopic (exact) mass is 181 g/mol. The second-order valence-corrected chi connectivity index (χ2v) is 4.46. The molecule has 1 aliphatic rings. The van der Waals surface area contributed by atoms with Crippen LogP contribution >= 0.6 is 0 Å². The number of rotatable bonds is 6. The molecule has 13 heavy (non-hydrogen) atoms. The van der Waals surface area contributed by atoms with E-state index in [1.165, 1.54) is 19.3 Å². The van der Waals surface area contributed by atoms with E-state index >= 15 is 0 Å². The lowest BCUT2D eigenvalue weighted by Crippen LogP contribution is -2.17. The van der Waals surface area contributed by atoms with Crippen LogP contribution in [0.5, 0.6) is 0 Å². The molecule has 0 saturated carbocycles. The zero-order valence-electron chi connectivity index (χ0n) is 9.48. The first-order valence-corrected chi connectivity index (χ1v) is 5.49. The Hall–Kier alpha value is -0.300. The average Bonchev–Trinajstić information content (AvgIpc) is 2.70. The zero-order chi connectivity index (χ0) is 9.90. The van der Waals surface area contributed by atoms with E-state index in [1.807, 2.05) is 7.05 Å². The van der Waals surface area contributed by atoms with Crippen LogP contribution in [0.15, 0.2) is 11.6 Å². The fraction of sp³-hybridized carbons (Fsp3) is 0.833. The van der Waals surface area contributed by atoms with Gasteiger partial charge in [-0.15, -0.1) is 0 Å². The van der Waals surface area contributed by atoms with Crippen LogP contribution in [0.4, 0.5) is 0 Å². The molecule has 0 amide bonds. The highest BCUT2D eigenvalue weighted by Gasteiger charge is 2.41. The van der Waals surface area contributed by atoms with Crippen LogP contribution in [-0.2, 0) is 0 Å². The van der Waals surface area contributed by atoms with E-state index in [4.69, 9.17) is 0 Å². The number of nitrogens with one attached hydrogen (secondary N) is 1. The van der Waals surface area contributed by atoms with Crippen LogP contribution < -0.4 is 5.32 Å². The van der Waals surface area contributed by atoms with E-state index in [0.717, 1.165) is 12.5 Å². The van der Waals surface area contributed by atoms with Crippen molar-refractivity contribution >= 4 is 0 Å².